The number of Topliss-reactive ketones (excluding diaryl/α,β-unsaturated/α-hetero) is 1. The molecule has 3 aromatic carbocycles. The van der Waals surface area contributed by atoms with E-state index in [1.54, 1.807) is 4.90 Å². The van der Waals surface area contributed by atoms with Crippen molar-refractivity contribution in [3.63, 3.8) is 0 Å². The first-order valence-corrected chi connectivity index (χ1v) is 13.0. The third kappa shape index (κ3) is 4.62. The van der Waals surface area contributed by atoms with Gasteiger partial charge >= 0.3 is 11.9 Å². The van der Waals surface area contributed by atoms with Crippen molar-refractivity contribution >= 4 is 23.6 Å². The minimum atomic E-state index is -1.40. The molecule has 39 heavy (non-hydrogen) atoms. The minimum Gasteiger partial charge on any atom is -0.468 e. The lowest BCUT2D eigenvalue weighted by Gasteiger charge is -2.41. The topological polar surface area (TPSA) is 90.0 Å². The Kier molecular flexibility index (Phi) is 6.85. The van der Waals surface area contributed by atoms with E-state index in [4.69, 9.17) is 9.47 Å². The summed E-state index contributed by atoms with van der Waals surface area (Å²) in [6, 6.07) is 22.5. The molecule has 2 aliphatic rings. The molecule has 1 amide bonds. The van der Waals surface area contributed by atoms with Gasteiger partial charge in [-0.3, -0.25) is 19.2 Å². The molecule has 0 bridgehead atoms. The van der Waals surface area contributed by atoms with Crippen molar-refractivity contribution in [3.8, 4) is 0 Å². The van der Waals surface area contributed by atoms with Gasteiger partial charge in [-0.15, -0.1) is 0 Å². The second-order valence-electron chi connectivity index (χ2n) is 10.8. The summed E-state index contributed by atoms with van der Waals surface area (Å²) in [7, 11) is 2.53. The van der Waals surface area contributed by atoms with Crippen molar-refractivity contribution in [1.82, 2.24) is 4.90 Å². The number of nitrogens with zero attached hydrogens (tertiary/aromatic N) is 1. The molecular weight excluding hydrogens is 494 g/mol. The summed E-state index contributed by atoms with van der Waals surface area (Å²) in [5.74, 6) is -1.29. The number of rotatable bonds is 7. The van der Waals surface area contributed by atoms with Crippen LogP contribution in [-0.4, -0.2) is 49.3 Å². The van der Waals surface area contributed by atoms with Crippen LogP contribution in [-0.2, 0) is 43.9 Å². The molecule has 1 unspecified atom stereocenters. The SMILES string of the molecule is COC(=O)C1(C(=O)OC)Cc2ccc(CN3CC(C)(CC(=O)c4ccccc4)c4ccccc4C3=O)cc2C1. The van der Waals surface area contributed by atoms with Crippen molar-refractivity contribution in [2.45, 2.75) is 38.1 Å². The Morgan fingerprint density at radius 3 is 2.18 bits per heavy atom. The van der Waals surface area contributed by atoms with Crippen LogP contribution in [0, 0.1) is 5.41 Å². The summed E-state index contributed by atoms with van der Waals surface area (Å²) in [5, 5.41) is 0. The average molecular weight is 526 g/mol. The second kappa shape index (κ2) is 10.1. The van der Waals surface area contributed by atoms with Crippen LogP contribution < -0.4 is 0 Å². The van der Waals surface area contributed by atoms with Crippen molar-refractivity contribution in [3.05, 3.63) is 106 Å². The molecule has 3 aromatic rings. The van der Waals surface area contributed by atoms with Gasteiger partial charge in [0.15, 0.2) is 11.2 Å². The molecular formula is C32H31NO6. The quantitative estimate of drug-likeness (QED) is 0.260. The third-order valence-electron chi connectivity index (χ3n) is 8.06. The number of carbonyl (C=O) groups excluding carboxylic acids is 4. The van der Waals surface area contributed by atoms with Gasteiger partial charge < -0.3 is 14.4 Å². The Bertz CT molecular complexity index is 1450. The number of benzene rings is 3. The Balaban J connectivity index is 1.43. The molecule has 1 atom stereocenters. The molecule has 0 N–H and O–H groups in total. The van der Waals surface area contributed by atoms with Crippen molar-refractivity contribution < 1.29 is 28.7 Å². The predicted octanol–water partition coefficient (Wildman–Crippen LogP) is 4.30. The van der Waals surface area contributed by atoms with Crippen LogP contribution in [0.5, 0.6) is 0 Å². The highest BCUT2D eigenvalue weighted by atomic mass is 16.5. The first-order valence-electron chi connectivity index (χ1n) is 13.0. The summed E-state index contributed by atoms with van der Waals surface area (Å²) in [6.07, 6.45) is 0.649. The molecule has 1 heterocycles. The highest BCUT2D eigenvalue weighted by Gasteiger charge is 2.52. The highest BCUT2D eigenvalue weighted by Crippen LogP contribution is 2.41. The molecule has 5 rings (SSSR count). The Hall–Kier alpha value is -4.26. The fraction of sp³-hybridized carbons (Fsp3) is 0.312. The lowest BCUT2D eigenvalue weighted by molar-refractivity contribution is -0.168. The molecule has 7 nitrogen and oxygen atoms in total. The van der Waals surface area contributed by atoms with Gasteiger partial charge in [-0.25, -0.2) is 0 Å². The Labute approximate surface area is 227 Å². The van der Waals surface area contributed by atoms with E-state index >= 15 is 0 Å². The van der Waals surface area contributed by atoms with E-state index < -0.39 is 22.8 Å². The number of esters is 2. The van der Waals surface area contributed by atoms with Crippen LogP contribution in [0.2, 0.25) is 0 Å². The van der Waals surface area contributed by atoms with E-state index in [9.17, 15) is 19.2 Å². The number of amides is 1. The molecule has 0 aromatic heterocycles. The maximum absolute atomic E-state index is 13.6. The van der Waals surface area contributed by atoms with E-state index in [0.29, 0.717) is 24.2 Å². The molecule has 0 radical (unpaired) electrons. The summed E-state index contributed by atoms with van der Waals surface area (Å²) in [4.78, 5) is 53.9. The summed E-state index contributed by atoms with van der Waals surface area (Å²) in [6.45, 7) is 2.75. The van der Waals surface area contributed by atoms with Gasteiger partial charge in [0.05, 0.1) is 14.2 Å². The van der Waals surface area contributed by atoms with E-state index in [-0.39, 0.29) is 31.0 Å². The van der Waals surface area contributed by atoms with Crippen molar-refractivity contribution in [2.75, 3.05) is 20.8 Å². The van der Waals surface area contributed by atoms with E-state index in [2.05, 4.69) is 0 Å². The van der Waals surface area contributed by atoms with Crippen LogP contribution in [0.15, 0.2) is 72.8 Å². The van der Waals surface area contributed by atoms with Gasteiger partial charge in [-0.2, -0.15) is 0 Å². The van der Waals surface area contributed by atoms with Crippen LogP contribution in [0.25, 0.3) is 0 Å². The number of hydrogen-bond acceptors (Lipinski definition) is 6. The Morgan fingerprint density at radius 2 is 1.49 bits per heavy atom. The van der Waals surface area contributed by atoms with Crippen molar-refractivity contribution in [1.29, 1.82) is 0 Å². The van der Waals surface area contributed by atoms with E-state index in [0.717, 1.165) is 22.3 Å². The van der Waals surface area contributed by atoms with Crippen LogP contribution in [0.4, 0.5) is 0 Å². The average Bonchev–Trinajstić information content (AvgIpc) is 3.35. The van der Waals surface area contributed by atoms with Gasteiger partial charge in [0.1, 0.15) is 0 Å². The van der Waals surface area contributed by atoms with Gasteiger partial charge in [0.25, 0.3) is 5.91 Å². The summed E-state index contributed by atoms with van der Waals surface area (Å²) < 4.78 is 9.91. The largest absolute Gasteiger partial charge is 0.468 e. The monoisotopic (exact) mass is 525 g/mol. The number of fused-ring (bicyclic) bond motifs is 2. The number of methoxy groups -OCH3 is 2. The zero-order valence-corrected chi connectivity index (χ0v) is 22.4. The molecule has 1 aliphatic heterocycles. The van der Waals surface area contributed by atoms with E-state index in [1.807, 2.05) is 79.7 Å². The molecule has 0 spiro atoms. The maximum atomic E-state index is 13.6. The van der Waals surface area contributed by atoms with Crippen molar-refractivity contribution in [2.24, 2.45) is 5.41 Å². The number of carbonyl (C=O) groups is 4. The lowest BCUT2D eigenvalue weighted by atomic mass is 9.72. The zero-order valence-electron chi connectivity index (χ0n) is 22.4. The summed E-state index contributed by atoms with van der Waals surface area (Å²) in [5.41, 5.74) is 2.77. The molecule has 0 saturated carbocycles. The third-order valence-corrected chi connectivity index (χ3v) is 8.06. The fourth-order valence-corrected chi connectivity index (χ4v) is 6.11. The predicted molar refractivity (Wildman–Crippen MR) is 144 cm³/mol. The molecule has 0 saturated heterocycles. The number of ketones is 1. The van der Waals surface area contributed by atoms with Crippen LogP contribution in [0.3, 0.4) is 0 Å². The fourth-order valence-electron chi connectivity index (χ4n) is 6.11. The smallest absolute Gasteiger partial charge is 0.323 e. The maximum Gasteiger partial charge on any atom is 0.323 e. The van der Waals surface area contributed by atoms with Crippen LogP contribution >= 0.6 is 0 Å². The zero-order chi connectivity index (χ0) is 27.8. The van der Waals surface area contributed by atoms with Gasteiger partial charge in [-0.1, -0.05) is 73.7 Å². The normalized spacial score (nSPS) is 19.2. The van der Waals surface area contributed by atoms with E-state index in [1.165, 1.54) is 14.2 Å². The first kappa shape index (κ1) is 26.4. The molecule has 1 aliphatic carbocycles. The number of ether oxygens (including phenoxy) is 2. The first-order chi connectivity index (χ1) is 18.7. The van der Waals surface area contributed by atoms with Gasteiger partial charge in [-0.05, 0) is 41.2 Å². The highest BCUT2D eigenvalue weighted by molar-refractivity contribution is 6.02. The lowest BCUT2D eigenvalue weighted by Crippen LogP contribution is -2.48. The molecule has 7 heteroatoms. The minimum absolute atomic E-state index is 0.0293. The standard InChI is InChI=1S/C32H31NO6/c1-31(18-27(34)22-9-5-4-6-10-22)20-33(28(35)25-11-7-8-12-26(25)31)19-21-13-14-23-16-32(29(36)38-2,30(37)39-3)17-24(23)15-21/h4-15H,16-20H2,1-3H3. The van der Waals surface area contributed by atoms with Crippen LogP contribution in [0.1, 0.15) is 56.3 Å². The molecule has 200 valence electrons. The summed E-state index contributed by atoms with van der Waals surface area (Å²) >= 11 is 0. The molecule has 0 fully saturated rings. The van der Waals surface area contributed by atoms with Gasteiger partial charge in [0, 0.05) is 36.1 Å². The number of hydrogen-bond donors (Lipinski definition) is 0. The Morgan fingerprint density at radius 1 is 0.846 bits per heavy atom. The second-order valence-corrected chi connectivity index (χ2v) is 10.8. The van der Waals surface area contributed by atoms with Gasteiger partial charge in [0.2, 0.25) is 0 Å².